The number of rotatable bonds is 7. The van der Waals surface area contributed by atoms with Gasteiger partial charge in [-0.15, -0.1) is 5.10 Å². The van der Waals surface area contributed by atoms with Gasteiger partial charge in [0.05, 0.1) is 5.69 Å². The fourth-order valence-corrected chi connectivity index (χ4v) is 2.01. The number of alkyl halides is 3. The molecule has 1 heterocycles. The van der Waals surface area contributed by atoms with E-state index in [1.807, 2.05) is 13.8 Å². The van der Waals surface area contributed by atoms with Gasteiger partial charge in [-0.05, 0) is 18.8 Å². The maximum Gasteiger partial charge on any atom is 0.437 e. The molecular weight excluding hydrogens is 255 g/mol. The van der Waals surface area contributed by atoms with E-state index in [1.54, 1.807) is 0 Å². The van der Waals surface area contributed by atoms with Gasteiger partial charge in [0.1, 0.15) is 0 Å². The monoisotopic (exact) mass is 277 g/mol. The molecule has 0 unspecified atom stereocenters. The fraction of sp³-hybridized carbons (Fsp3) is 0.846. The van der Waals surface area contributed by atoms with Crippen LogP contribution in [0.15, 0.2) is 0 Å². The lowest BCUT2D eigenvalue weighted by molar-refractivity contribution is -0.141. The minimum absolute atomic E-state index is 0.147. The quantitative estimate of drug-likeness (QED) is 0.703. The third-order valence-corrected chi connectivity index (χ3v) is 2.93. The van der Waals surface area contributed by atoms with Crippen molar-refractivity contribution in [3.8, 4) is 0 Å². The normalized spacial score (nSPS) is 12.4. The van der Waals surface area contributed by atoms with Crippen LogP contribution in [0.4, 0.5) is 13.2 Å². The van der Waals surface area contributed by atoms with Crippen molar-refractivity contribution in [1.29, 1.82) is 0 Å². The molecule has 0 aliphatic carbocycles. The molecule has 19 heavy (non-hydrogen) atoms. The van der Waals surface area contributed by atoms with E-state index >= 15 is 0 Å². The standard InChI is InChI=1S/C13H22F3N3/c1-4-5-6-7-8-19-11(9-10(2)3)12(17-18-19)13(14,15)16/h10H,4-9H2,1-3H3. The van der Waals surface area contributed by atoms with Crippen molar-refractivity contribution in [2.24, 2.45) is 5.92 Å². The van der Waals surface area contributed by atoms with E-state index < -0.39 is 11.9 Å². The van der Waals surface area contributed by atoms with Crippen LogP contribution in [0.2, 0.25) is 0 Å². The average molecular weight is 277 g/mol. The highest BCUT2D eigenvalue weighted by molar-refractivity contribution is 5.14. The molecule has 0 aliphatic rings. The van der Waals surface area contributed by atoms with E-state index in [0.29, 0.717) is 13.0 Å². The average Bonchev–Trinajstić information content (AvgIpc) is 2.66. The molecule has 0 saturated carbocycles. The summed E-state index contributed by atoms with van der Waals surface area (Å²) in [7, 11) is 0. The zero-order valence-corrected chi connectivity index (χ0v) is 11.8. The van der Waals surface area contributed by atoms with Gasteiger partial charge in [0, 0.05) is 6.54 Å². The van der Waals surface area contributed by atoms with Crippen LogP contribution < -0.4 is 0 Å². The molecule has 1 aromatic heterocycles. The van der Waals surface area contributed by atoms with Gasteiger partial charge in [-0.1, -0.05) is 45.2 Å². The van der Waals surface area contributed by atoms with Crippen LogP contribution >= 0.6 is 0 Å². The van der Waals surface area contributed by atoms with Gasteiger partial charge < -0.3 is 0 Å². The topological polar surface area (TPSA) is 30.7 Å². The minimum atomic E-state index is -4.41. The lowest BCUT2D eigenvalue weighted by Gasteiger charge is -2.11. The van der Waals surface area contributed by atoms with Crippen molar-refractivity contribution >= 4 is 0 Å². The summed E-state index contributed by atoms with van der Waals surface area (Å²) < 4.78 is 39.9. The summed E-state index contributed by atoms with van der Waals surface area (Å²) >= 11 is 0. The lowest BCUT2D eigenvalue weighted by Crippen LogP contribution is -2.14. The molecule has 0 atom stereocenters. The Bertz CT molecular complexity index is 383. The van der Waals surface area contributed by atoms with Gasteiger partial charge in [0.15, 0.2) is 5.69 Å². The SMILES string of the molecule is CCCCCCn1nnc(C(F)(F)F)c1CC(C)C. The number of hydrogen-bond donors (Lipinski definition) is 0. The van der Waals surface area contributed by atoms with E-state index in [0.717, 1.165) is 25.7 Å². The van der Waals surface area contributed by atoms with Crippen LogP contribution in [-0.2, 0) is 19.1 Å². The molecule has 0 aromatic carbocycles. The van der Waals surface area contributed by atoms with Crippen molar-refractivity contribution in [2.45, 2.75) is 65.6 Å². The first-order valence-corrected chi connectivity index (χ1v) is 6.85. The van der Waals surface area contributed by atoms with Gasteiger partial charge in [0.2, 0.25) is 0 Å². The highest BCUT2D eigenvalue weighted by Gasteiger charge is 2.38. The Balaban J connectivity index is 2.82. The van der Waals surface area contributed by atoms with E-state index in [1.165, 1.54) is 4.68 Å². The maximum absolute atomic E-state index is 12.8. The summed E-state index contributed by atoms with van der Waals surface area (Å²) in [5.74, 6) is 0.147. The van der Waals surface area contributed by atoms with Crippen molar-refractivity contribution < 1.29 is 13.2 Å². The van der Waals surface area contributed by atoms with Crippen LogP contribution in [0, 0.1) is 5.92 Å². The number of halogens is 3. The molecule has 1 rings (SSSR count). The molecular formula is C13H22F3N3. The predicted molar refractivity (Wildman–Crippen MR) is 67.7 cm³/mol. The predicted octanol–water partition coefficient (Wildman–Crippen LogP) is 4.08. The highest BCUT2D eigenvalue weighted by Crippen LogP contribution is 2.31. The van der Waals surface area contributed by atoms with Crippen LogP contribution in [-0.4, -0.2) is 15.0 Å². The summed E-state index contributed by atoms with van der Waals surface area (Å²) in [4.78, 5) is 0. The van der Waals surface area contributed by atoms with Crippen LogP contribution in [0.3, 0.4) is 0 Å². The second-order valence-corrected chi connectivity index (χ2v) is 5.26. The molecule has 6 heteroatoms. The molecule has 0 radical (unpaired) electrons. The summed E-state index contributed by atoms with van der Waals surface area (Å²) in [6.45, 7) is 6.41. The lowest BCUT2D eigenvalue weighted by atomic mass is 10.1. The second-order valence-electron chi connectivity index (χ2n) is 5.26. The van der Waals surface area contributed by atoms with Crippen molar-refractivity contribution in [1.82, 2.24) is 15.0 Å². The summed E-state index contributed by atoms with van der Waals surface area (Å²) in [6.07, 6.45) is 0.00425. The van der Waals surface area contributed by atoms with Gasteiger partial charge >= 0.3 is 6.18 Å². The Morgan fingerprint density at radius 3 is 2.37 bits per heavy atom. The molecule has 1 aromatic rings. The Labute approximate surface area is 112 Å². The van der Waals surface area contributed by atoms with Gasteiger partial charge in [0.25, 0.3) is 0 Å². The van der Waals surface area contributed by atoms with Crippen LogP contribution in [0.25, 0.3) is 0 Å². The van der Waals surface area contributed by atoms with E-state index in [-0.39, 0.29) is 11.6 Å². The Hall–Kier alpha value is -1.07. The number of nitrogens with zero attached hydrogens (tertiary/aromatic N) is 3. The molecule has 0 amide bonds. The molecule has 0 fully saturated rings. The van der Waals surface area contributed by atoms with Crippen molar-refractivity contribution in [3.63, 3.8) is 0 Å². The van der Waals surface area contributed by atoms with Gasteiger partial charge in [-0.25, -0.2) is 4.68 Å². The maximum atomic E-state index is 12.8. The number of aryl methyl sites for hydroxylation is 1. The van der Waals surface area contributed by atoms with Crippen molar-refractivity contribution in [3.05, 3.63) is 11.4 Å². The molecule has 0 aliphatic heterocycles. The zero-order chi connectivity index (χ0) is 14.5. The third kappa shape index (κ3) is 4.84. The first-order valence-electron chi connectivity index (χ1n) is 6.85. The molecule has 0 N–H and O–H groups in total. The smallest absolute Gasteiger partial charge is 0.249 e. The van der Waals surface area contributed by atoms with Crippen LogP contribution in [0.1, 0.15) is 57.8 Å². The Morgan fingerprint density at radius 2 is 1.84 bits per heavy atom. The van der Waals surface area contributed by atoms with Crippen molar-refractivity contribution in [2.75, 3.05) is 0 Å². The Morgan fingerprint density at radius 1 is 1.16 bits per heavy atom. The summed E-state index contributed by atoms with van der Waals surface area (Å²) in [5, 5.41) is 7.01. The first-order chi connectivity index (χ1) is 8.86. The molecule has 110 valence electrons. The fourth-order valence-electron chi connectivity index (χ4n) is 2.01. The zero-order valence-electron chi connectivity index (χ0n) is 11.8. The minimum Gasteiger partial charge on any atom is -0.249 e. The van der Waals surface area contributed by atoms with E-state index in [9.17, 15) is 13.2 Å². The number of hydrogen-bond acceptors (Lipinski definition) is 2. The van der Waals surface area contributed by atoms with Gasteiger partial charge in [-0.2, -0.15) is 13.2 Å². The molecule has 0 saturated heterocycles. The Kier molecular flexibility index (Phi) is 5.82. The van der Waals surface area contributed by atoms with Crippen LogP contribution in [0.5, 0.6) is 0 Å². The highest BCUT2D eigenvalue weighted by atomic mass is 19.4. The second kappa shape index (κ2) is 6.91. The number of aromatic nitrogens is 3. The first kappa shape index (κ1) is 16.0. The van der Waals surface area contributed by atoms with Gasteiger partial charge in [-0.3, -0.25) is 0 Å². The summed E-state index contributed by atoms with van der Waals surface area (Å²) in [5.41, 5.74) is -0.601. The molecule has 3 nitrogen and oxygen atoms in total. The summed E-state index contributed by atoms with van der Waals surface area (Å²) in [6, 6.07) is 0. The van der Waals surface area contributed by atoms with E-state index in [2.05, 4.69) is 17.2 Å². The van der Waals surface area contributed by atoms with E-state index in [4.69, 9.17) is 0 Å². The number of unbranched alkanes of at least 4 members (excludes halogenated alkanes) is 3. The third-order valence-electron chi connectivity index (χ3n) is 2.93. The molecule has 0 spiro atoms. The largest absolute Gasteiger partial charge is 0.437 e. The molecule has 0 bridgehead atoms.